The standard InChI is InChI=1S/C18H20ClNO2/c19-17-8-6-14(7-9-17)12-18(22)20-13-16(10-11-21)15-4-2-1-3-5-15/h1-9,16,21H,10-13H2,(H,20,22). The van der Waals surface area contributed by atoms with E-state index in [1.54, 1.807) is 12.1 Å². The molecule has 22 heavy (non-hydrogen) atoms. The fourth-order valence-corrected chi connectivity index (χ4v) is 2.48. The molecule has 0 spiro atoms. The molecule has 0 aliphatic carbocycles. The maximum atomic E-state index is 12.0. The molecule has 1 atom stereocenters. The van der Waals surface area contributed by atoms with Gasteiger partial charge in [0.15, 0.2) is 0 Å². The molecular formula is C18H20ClNO2. The first kappa shape index (κ1) is 16.5. The lowest BCUT2D eigenvalue weighted by molar-refractivity contribution is -0.120. The molecule has 0 saturated carbocycles. The molecule has 2 aromatic rings. The molecule has 0 aromatic heterocycles. The van der Waals surface area contributed by atoms with Crippen LogP contribution >= 0.6 is 11.6 Å². The van der Waals surface area contributed by atoms with Crippen LogP contribution in [0.4, 0.5) is 0 Å². The quantitative estimate of drug-likeness (QED) is 0.824. The molecule has 1 amide bonds. The molecule has 2 rings (SSSR count). The van der Waals surface area contributed by atoms with Crippen LogP contribution in [-0.2, 0) is 11.2 Å². The fourth-order valence-electron chi connectivity index (χ4n) is 2.35. The molecule has 0 bridgehead atoms. The van der Waals surface area contributed by atoms with Gasteiger partial charge in [-0.3, -0.25) is 4.79 Å². The van der Waals surface area contributed by atoms with E-state index in [1.165, 1.54) is 0 Å². The van der Waals surface area contributed by atoms with Gasteiger partial charge in [-0.2, -0.15) is 0 Å². The molecule has 0 radical (unpaired) electrons. The first-order chi connectivity index (χ1) is 10.7. The van der Waals surface area contributed by atoms with Gasteiger partial charge in [0.1, 0.15) is 0 Å². The number of rotatable bonds is 7. The van der Waals surface area contributed by atoms with Gasteiger partial charge in [-0.25, -0.2) is 0 Å². The average Bonchev–Trinajstić information content (AvgIpc) is 2.54. The van der Waals surface area contributed by atoms with Crippen molar-refractivity contribution in [2.24, 2.45) is 0 Å². The van der Waals surface area contributed by atoms with Gasteiger partial charge < -0.3 is 10.4 Å². The second-order valence-corrected chi connectivity index (χ2v) is 5.66. The summed E-state index contributed by atoms with van der Waals surface area (Å²) >= 11 is 5.83. The summed E-state index contributed by atoms with van der Waals surface area (Å²) in [6.45, 7) is 0.629. The number of halogens is 1. The average molecular weight is 318 g/mol. The minimum Gasteiger partial charge on any atom is -0.396 e. The summed E-state index contributed by atoms with van der Waals surface area (Å²) in [6, 6.07) is 17.2. The summed E-state index contributed by atoms with van der Waals surface area (Å²) in [5, 5.41) is 12.8. The number of amides is 1. The van der Waals surface area contributed by atoms with E-state index in [4.69, 9.17) is 11.6 Å². The number of hydrogen-bond acceptors (Lipinski definition) is 2. The maximum Gasteiger partial charge on any atom is 0.224 e. The van der Waals surface area contributed by atoms with E-state index >= 15 is 0 Å². The monoisotopic (exact) mass is 317 g/mol. The Morgan fingerprint density at radius 3 is 2.41 bits per heavy atom. The van der Waals surface area contributed by atoms with Gasteiger partial charge >= 0.3 is 0 Å². The van der Waals surface area contributed by atoms with Gasteiger partial charge in [0.05, 0.1) is 6.42 Å². The van der Waals surface area contributed by atoms with Gasteiger partial charge in [0, 0.05) is 24.1 Å². The van der Waals surface area contributed by atoms with Gasteiger partial charge in [0.2, 0.25) is 5.91 Å². The Bertz CT molecular complexity index is 584. The van der Waals surface area contributed by atoms with Crippen molar-refractivity contribution in [2.45, 2.75) is 18.8 Å². The molecule has 2 N–H and O–H groups in total. The van der Waals surface area contributed by atoms with Crippen molar-refractivity contribution in [3.8, 4) is 0 Å². The summed E-state index contributed by atoms with van der Waals surface area (Å²) in [7, 11) is 0. The number of nitrogens with one attached hydrogen (secondary N) is 1. The number of hydrogen-bond donors (Lipinski definition) is 2. The SMILES string of the molecule is O=C(Cc1ccc(Cl)cc1)NCC(CCO)c1ccccc1. The third-order valence-corrected chi connectivity index (χ3v) is 3.82. The summed E-state index contributed by atoms with van der Waals surface area (Å²) in [5.41, 5.74) is 2.06. The van der Waals surface area contributed by atoms with Gasteiger partial charge in [0.25, 0.3) is 0 Å². The highest BCUT2D eigenvalue weighted by Gasteiger charge is 2.12. The van der Waals surface area contributed by atoms with Crippen molar-refractivity contribution in [1.82, 2.24) is 5.32 Å². The Morgan fingerprint density at radius 1 is 1.09 bits per heavy atom. The van der Waals surface area contributed by atoms with E-state index in [0.717, 1.165) is 11.1 Å². The van der Waals surface area contributed by atoms with Crippen LogP contribution in [0.25, 0.3) is 0 Å². The van der Waals surface area contributed by atoms with Gasteiger partial charge in [-0.05, 0) is 29.7 Å². The van der Waals surface area contributed by atoms with Crippen molar-refractivity contribution >= 4 is 17.5 Å². The third kappa shape index (κ3) is 5.17. The zero-order valence-electron chi connectivity index (χ0n) is 12.3. The van der Waals surface area contributed by atoms with E-state index in [-0.39, 0.29) is 18.4 Å². The molecule has 0 fully saturated rings. The van der Waals surface area contributed by atoms with Gasteiger partial charge in [-0.1, -0.05) is 54.1 Å². The molecule has 116 valence electrons. The van der Waals surface area contributed by atoms with Crippen molar-refractivity contribution in [3.05, 3.63) is 70.7 Å². The van der Waals surface area contributed by atoms with Crippen LogP contribution in [0.1, 0.15) is 23.5 Å². The first-order valence-corrected chi connectivity index (χ1v) is 7.74. The molecule has 0 aliphatic heterocycles. The van der Waals surface area contributed by atoms with E-state index in [2.05, 4.69) is 5.32 Å². The van der Waals surface area contributed by atoms with Crippen LogP contribution in [-0.4, -0.2) is 24.2 Å². The molecule has 3 nitrogen and oxygen atoms in total. The lowest BCUT2D eigenvalue weighted by Crippen LogP contribution is -2.30. The predicted octanol–water partition coefficient (Wildman–Crippen LogP) is 3.16. The Hall–Kier alpha value is -1.84. The number of carbonyl (C=O) groups excluding carboxylic acids is 1. The number of aliphatic hydroxyl groups excluding tert-OH is 1. The second-order valence-electron chi connectivity index (χ2n) is 5.23. The molecule has 0 saturated heterocycles. The topological polar surface area (TPSA) is 49.3 Å². The van der Waals surface area contributed by atoms with Crippen LogP contribution in [0.2, 0.25) is 5.02 Å². The summed E-state index contributed by atoms with van der Waals surface area (Å²) < 4.78 is 0. The van der Waals surface area contributed by atoms with Crippen molar-refractivity contribution in [2.75, 3.05) is 13.2 Å². The Kier molecular flexibility index (Phi) is 6.44. The van der Waals surface area contributed by atoms with Gasteiger partial charge in [-0.15, -0.1) is 0 Å². The summed E-state index contributed by atoms with van der Waals surface area (Å²) in [6.07, 6.45) is 0.961. The first-order valence-electron chi connectivity index (χ1n) is 7.36. The Morgan fingerprint density at radius 2 is 1.77 bits per heavy atom. The zero-order valence-corrected chi connectivity index (χ0v) is 13.1. The van der Waals surface area contributed by atoms with Crippen molar-refractivity contribution in [3.63, 3.8) is 0 Å². The van der Waals surface area contributed by atoms with E-state index in [9.17, 15) is 9.90 Å². The maximum absolute atomic E-state index is 12.0. The van der Waals surface area contributed by atoms with E-state index < -0.39 is 0 Å². The normalized spacial score (nSPS) is 11.9. The number of aliphatic hydroxyl groups is 1. The van der Waals surface area contributed by atoms with Crippen LogP contribution in [0, 0.1) is 0 Å². The highest BCUT2D eigenvalue weighted by atomic mass is 35.5. The predicted molar refractivity (Wildman–Crippen MR) is 89.1 cm³/mol. The summed E-state index contributed by atoms with van der Waals surface area (Å²) in [4.78, 5) is 12.0. The molecule has 0 heterocycles. The summed E-state index contributed by atoms with van der Waals surface area (Å²) in [5.74, 6) is 0.0987. The van der Waals surface area contributed by atoms with Crippen LogP contribution in [0.15, 0.2) is 54.6 Å². The van der Waals surface area contributed by atoms with Crippen LogP contribution in [0.3, 0.4) is 0 Å². The smallest absolute Gasteiger partial charge is 0.224 e. The molecule has 4 heteroatoms. The van der Waals surface area contributed by atoms with E-state index in [0.29, 0.717) is 24.4 Å². The third-order valence-electron chi connectivity index (χ3n) is 3.57. The zero-order chi connectivity index (χ0) is 15.8. The minimum atomic E-state index is -0.0267. The fraction of sp³-hybridized carbons (Fsp3) is 0.278. The molecule has 0 aliphatic rings. The highest BCUT2D eigenvalue weighted by Crippen LogP contribution is 2.18. The highest BCUT2D eigenvalue weighted by molar-refractivity contribution is 6.30. The molecular weight excluding hydrogens is 298 g/mol. The minimum absolute atomic E-state index is 0.0267. The van der Waals surface area contributed by atoms with E-state index in [1.807, 2.05) is 42.5 Å². The Labute approximate surface area is 135 Å². The molecule has 1 unspecified atom stereocenters. The van der Waals surface area contributed by atoms with Crippen molar-refractivity contribution < 1.29 is 9.90 Å². The van der Waals surface area contributed by atoms with Crippen molar-refractivity contribution in [1.29, 1.82) is 0 Å². The molecule has 2 aromatic carbocycles. The number of benzene rings is 2. The van der Waals surface area contributed by atoms with Crippen LogP contribution < -0.4 is 5.32 Å². The lowest BCUT2D eigenvalue weighted by Gasteiger charge is -2.17. The second kappa shape index (κ2) is 8.57. The number of carbonyl (C=O) groups is 1. The Balaban J connectivity index is 1.89. The lowest BCUT2D eigenvalue weighted by atomic mass is 9.96. The largest absolute Gasteiger partial charge is 0.396 e. The van der Waals surface area contributed by atoms with Crippen LogP contribution in [0.5, 0.6) is 0 Å².